The Morgan fingerprint density at radius 3 is 2.50 bits per heavy atom. The van der Waals surface area contributed by atoms with E-state index in [0.717, 1.165) is 18.2 Å². The molecule has 30 heavy (non-hydrogen) atoms. The second-order valence-electron chi connectivity index (χ2n) is 8.00. The van der Waals surface area contributed by atoms with Gasteiger partial charge in [0.25, 0.3) is 5.91 Å². The van der Waals surface area contributed by atoms with Crippen LogP contribution in [0.2, 0.25) is 0 Å². The summed E-state index contributed by atoms with van der Waals surface area (Å²) in [6.45, 7) is 0. The van der Waals surface area contributed by atoms with Gasteiger partial charge < -0.3 is 16.0 Å². The first-order valence-electron chi connectivity index (χ1n) is 10.1. The summed E-state index contributed by atoms with van der Waals surface area (Å²) >= 11 is 0. The molecule has 2 saturated heterocycles. The van der Waals surface area contributed by atoms with Gasteiger partial charge in [0.05, 0.1) is 16.1 Å². The zero-order chi connectivity index (χ0) is 20.9. The van der Waals surface area contributed by atoms with Crippen LogP contribution in [0.5, 0.6) is 0 Å². The van der Waals surface area contributed by atoms with E-state index in [-0.39, 0.29) is 18.1 Å². The van der Waals surface area contributed by atoms with Crippen molar-refractivity contribution < 1.29 is 13.2 Å². The normalized spacial score (nSPS) is 24.2. The predicted molar refractivity (Wildman–Crippen MR) is 114 cm³/mol. The fraction of sp³-hybridized carbons (Fsp3) is 0.333. The summed E-state index contributed by atoms with van der Waals surface area (Å²) in [5, 5.41) is 4.29. The number of fused-ring (bicyclic) bond motifs is 3. The van der Waals surface area contributed by atoms with Crippen molar-refractivity contribution in [3.8, 4) is 0 Å². The number of nitrogens with one attached hydrogen (secondary N) is 2. The summed E-state index contributed by atoms with van der Waals surface area (Å²) in [7, 11) is -3.53. The fourth-order valence-corrected chi connectivity index (χ4v) is 6.83. The smallest absolute Gasteiger partial charge is 0.252 e. The highest BCUT2D eigenvalue weighted by atomic mass is 32.2. The minimum atomic E-state index is -3.53. The lowest BCUT2D eigenvalue weighted by Gasteiger charge is -2.38. The van der Waals surface area contributed by atoms with E-state index in [4.69, 9.17) is 5.73 Å². The summed E-state index contributed by atoms with van der Waals surface area (Å²) in [5.41, 5.74) is 7.25. The maximum Gasteiger partial charge on any atom is 0.252 e. The van der Waals surface area contributed by atoms with E-state index in [9.17, 15) is 13.2 Å². The first-order chi connectivity index (χ1) is 14.4. The number of nitrogens with two attached hydrogens (primary N) is 1. The molecule has 2 bridgehead atoms. The molecule has 9 heteroatoms. The van der Waals surface area contributed by atoms with Crippen molar-refractivity contribution in [2.45, 2.75) is 48.7 Å². The third-order valence-corrected chi connectivity index (χ3v) is 8.20. The van der Waals surface area contributed by atoms with Crippen LogP contribution in [0.15, 0.2) is 53.7 Å². The average Bonchev–Trinajstić information content (AvgIpc) is 3.32. The summed E-state index contributed by atoms with van der Waals surface area (Å²) in [6, 6.07) is 10.4. The largest absolute Gasteiger partial charge is 0.381 e. The maximum atomic E-state index is 13.2. The lowest BCUT2D eigenvalue weighted by molar-refractivity contribution is 0.100. The number of carbonyl (C=O) groups excluding carboxylic acids is 1. The number of hydrogen-bond acceptors (Lipinski definition) is 5. The van der Waals surface area contributed by atoms with Gasteiger partial charge in [0.2, 0.25) is 10.0 Å². The van der Waals surface area contributed by atoms with Crippen LogP contribution < -0.4 is 11.1 Å². The van der Waals surface area contributed by atoms with Gasteiger partial charge >= 0.3 is 0 Å². The summed E-state index contributed by atoms with van der Waals surface area (Å²) < 4.78 is 28.2. The van der Waals surface area contributed by atoms with Gasteiger partial charge in [-0.3, -0.25) is 4.79 Å². The van der Waals surface area contributed by atoms with Gasteiger partial charge in [0.15, 0.2) is 0 Å². The molecule has 0 radical (unpaired) electrons. The van der Waals surface area contributed by atoms with Crippen LogP contribution >= 0.6 is 0 Å². The Balaban J connectivity index is 1.43. The Kier molecular flexibility index (Phi) is 4.52. The molecular formula is C21H23N5O3S. The van der Waals surface area contributed by atoms with Crippen LogP contribution in [-0.4, -0.2) is 46.7 Å². The van der Waals surface area contributed by atoms with E-state index < -0.39 is 15.9 Å². The number of aromatic amines is 1. The van der Waals surface area contributed by atoms with Crippen molar-refractivity contribution in [1.82, 2.24) is 14.3 Å². The number of nitrogens with zero attached hydrogens (tertiary/aromatic N) is 2. The number of hydrogen-bond donors (Lipinski definition) is 3. The molecule has 1 amide bonds. The third-order valence-electron chi connectivity index (χ3n) is 6.19. The zero-order valence-electron chi connectivity index (χ0n) is 16.3. The van der Waals surface area contributed by atoms with E-state index in [0.29, 0.717) is 34.6 Å². The Bertz CT molecular complexity index is 1190. The lowest BCUT2D eigenvalue weighted by Crippen LogP contribution is -2.49. The molecule has 156 valence electrons. The molecule has 2 aliphatic rings. The van der Waals surface area contributed by atoms with Gasteiger partial charge in [0, 0.05) is 35.9 Å². The zero-order valence-corrected chi connectivity index (χ0v) is 17.1. The third kappa shape index (κ3) is 3.05. The molecule has 0 spiro atoms. The first kappa shape index (κ1) is 19.1. The van der Waals surface area contributed by atoms with Crippen LogP contribution in [0.1, 0.15) is 36.0 Å². The molecule has 5 rings (SSSR count). The molecule has 0 saturated carbocycles. The highest BCUT2D eigenvalue weighted by Crippen LogP contribution is 2.41. The molecule has 2 aliphatic heterocycles. The number of amides is 1. The number of pyridine rings is 1. The van der Waals surface area contributed by atoms with Crippen molar-refractivity contribution in [3.05, 3.63) is 54.4 Å². The van der Waals surface area contributed by atoms with Gasteiger partial charge in [-0.15, -0.1) is 0 Å². The second kappa shape index (κ2) is 7.10. The molecule has 1 unspecified atom stereocenters. The highest BCUT2D eigenvalue weighted by molar-refractivity contribution is 7.89. The first-order valence-corrected chi connectivity index (χ1v) is 11.5. The molecule has 4 heterocycles. The van der Waals surface area contributed by atoms with E-state index in [2.05, 4.69) is 15.3 Å². The molecule has 8 nitrogen and oxygen atoms in total. The van der Waals surface area contributed by atoms with E-state index in [1.807, 2.05) is 12.1 Å². The maximum absolute atomic E-state index is 13.2. The number of aromatic nitrogens is 2. The van der Waals surface area contributed by atoms with Gasteiger partial charge in [0.1, 0.15) is 5.65 Å². The van der Waals surface area contributed by atoms with Crippen molar-refractivity contribution >= 4 is 32.7 Å². The van der Waals surface area contributed by atoms with Crippen LogP contribution in [-0.2, 0) is 10.0 Å². The average molecular weight is 426 g/mol. The highest BCUT2D eigenvalue weighted by Gasteiger charge is 2.47. The van der Waals surface area contributed by atoms with Crippen LogP contribution in [0.4, 0.5) is 5.69 Å². The number of carbonyl (C=O) groups is 1. The van der Waals surface area contributed by atoms with E-state index in [1.54, 1.807) is 34.8 Å². The Labute approximate surface area is 174 Å². The Morgan fingerprint density at radius 2 is 1.83 bits per heavy atom. The van der Waals surface area contributed by atoms with E-state index in [1.165, 1.54) is 6.20 Å². The van der Waals surface area contributed by atoms with Crippen LogP contribution in [0, 0.1) is 0 Å². The minimum absolute atomic E-state index is 0.0447. The monoisotopic (exact) mass is 425 g/mol. The molecule has 2 aromatic heterocycles. The standard InChI is InChI=1S/C21H23N5O3S/c22-20(27)18-12-24-21-17(8-9-23-21)19(18)25-13-10-14-6-7-15(11-13)26(14)30(28,29)16-4-2-1-3-5-16/h1-5,8-9,12-15H,6-7,10-11H2,(H2,22,27)(H2,23,24,25)/t13?,14-,15+. The van der Waals surface area contributed by atoms with Gasteiger partial charge in [-0.05, 0) is 43.9 Å². The van der Waals surface area contributed by atoms with E-state index >= 15 is 0 Å². The number of primary amides is 1. The number of rotatable bonds is 5. The number of H-pyrrole nitrogens is 1. The van der Waals surface area contributed by atoms with Crippen molar-refractivity contribution in [1.29, 1.82) is 0 Å². The minimum Gasteiger partial charge on any atom is -0.381 e. The number of anilines is 1. The lowest BCUT2D eigenvalue weighted by atomic mass is 9.98. The number of piperidine rings is 1. The predicted octanol–water partition coefficient (Wildman–Crippen LogP) is 2.46. The SMILES string of the molecule is NC(=O)c1cnc2[nH]ccc2c1NC1C[C@H]2CC[C@@H](C1)N2S(=O)(=O)c1ccccc1. The van der Waals surface area contributed by atoms with Crippen LogP contribution in [0.25, 0.3) is 11.0 Å². The Hall–Kier alpha value is -2.91. The molecule has 1 aromatic carbocycles. The molecule has 4 N–H and O–H groups in total. The fourth-order valence-electron chi connectivity index (χ4n) is 4.91. The van der Waals surface area contributed by atoms with Crippen molar-refractivity contribution in [2.24, 2.45) is 5.73 Å². The molecule has 3 aromatic rings. The topological polar surface area (TPSA) is 121 Å². The number of benzene rings is 1. The summed E-state index contributed by atoms with van der Waals surface area (Å²) in [4.78, 5) is 19.6. The molecule has 0 aliphatic carbocycles. The van der Waals surface area contributed by atoms with Crippen molar-refractivity contribution in [2.75, 3.05) is 5.32 Å². The second-order valence-corrected chi connectivity index (χ2v) is 9.84. The summed E-state index contributed by atoms with van der Waals surface area (Å²) in [6.07, 6.45) is 6.28. The quantitative estimate of drug-likeness (QED) is 0.580. The Morgan fingerprint density at radius 1 is 1.13 bits per heavy atom. The van der Waals surface area contributed by atoms with Crippen molar-refractivity contribution in [3.63, 3.8) is 0 Å². The van der Waals surface area contributed by atoms with Gasteiger partial charge in [-0.2, -0.15) is 4.31 Å². The molecule has 2 fully saturated rings. The molecular weight excluding hydrogens is 402 g/mol. The molecule has 3 atom stereocenters. The number of sulfonamides is 1. The van der Waals surface area contributed by atoms with Gasteiger partial charge in [-0.25, -0.2) is 13.4 Å². The summed E-state index contributed by atoms with van der Waals surface area (Å²) in [5.74, 6) is -0.542. The van der Waals surface area contributed by atoms with Gasteiger partial charge in [-0.1, -0.05) is 18.2 Å². The van der Waals surface area contributed by atoms with Crippen LogP contribution in [0.3, 0.4) is 0 Å².